The summed E-state index contributed by atoms with van der Waals surface area (Å²) in [6, 6.07) is 4.43. The lowest BCUT2D eigenvalue weighted by Gasteiger charge is -2.47. The summed E-state index contributed by atoms with van der Waals surface area (Å²) in [6.07, 6.45) is 7.01. The molecule has 1 spiro atoms. The Labute approximate surface area is 127 Å². The van der Waals surface area contributed by atoms with Crippen LogP contribution in [0.2, 0.25) is 0 Å². The topological polar surface area (TPSA) is 44.5 Å². The van der Waals surface area contributed by atoms with Gasteiger partial charge in [-0.1, -0.05) is 12.1 Å². The third-order valence-electron chi connectivity index (χ3n) is 4.95. The average Bonchev–Trinajstić information content (AvgIpc) is 2.42. The van der Waals surface area contributed by atoms with E-state index in [9.17, 15) is 0 Å². The molecule has 3 heteroatoms. The van der Waals surface area contributed by atoms with E-state index in [1.165, 1.54) is 36.0 Å². The van der Waals surface area contributed by atoms with E-state index in [4.69, 9.17) is 15.2 Å². The molecule has 1 heterocycles. The van der Waals surface area contributed by atoms with Gasteiger partial charge in [-0.05, 0) is 62.8 Å². The van der Waals surface area contributed by atoms with Crippen molar-refractivity contribution in [1.29, 1.82) is 0 Å². The molecule has 3 nitrogen and oxygen atoms in total. The van der Waals surface area contributed by atoms with Gasteiger partial charge < -0.3 is 15.2 Å². The van der Waals surface area contributed by atoms with Crippen molar-refractivity contribution in [3.8, 4) is 5.75 Å². The molecule has 2 aliphatic rings. The number of hydrogen-bond acceptors (Lipinski definition) is 3. The van der Waals surface area contributed by atoms with Crippen LogP contribution < -0.4 is 10.5 Å². The Bertz CT molecular complexity index is 485. The van der Waals surface area contributed by atoms with Crippen LogP contribution in [0.1, 0.15) is 48.8 Å². The summed E-state index contributed by atoms with van der Waals surface area (Å²) >= 11 is 0. The minimum atomic E-state index is 0.143. The molecule has 0 radical (unpaired) electrons. The van der Waals surface area contributed by atoms with Gasteiger partial charge in [-0.15, -0.1) is 0 Å². The Morgan fingerprint density at radius 1 is 1.29 bits per heavy atom. The zero-order valence-electron chi connectivity index (χ0n) is 13.3. The number of hydrogen-bond donors (Lipinski definition) is 1. The summed E-state index contributed by atoms with van der Waals surface area (Å²) in [5.74, 6) is 1.07. The van der Waals surface area contributed by atoms with Crippen molar-refractivity contribution < 1.29 is 9.47 Å². The Morgan fingerprint density at radius 2 is 2.00 bits per heavy atom. The molecule has 1 saturated heterocycles. The van der Waals surface area contributed by atoms with E-state index in [1.807, 2.05) is 0 Å². The van der Waals surface area contributed by atoms with Crippen LogP contribution in [0.5, 0.6) is 5.75 Å². The van der Waals surface area contributed by atoms with Crippen molar-refractivity contribution in [3.63, 3.8) is 0 Å². The Hall–Kier alpha value is -1.06. The SMILES string of the molecule is Cc1cc(CCN)cc(C)c1OC1CCOC2(CCC2)C1. The third kappa shape index (κ3) is 3.09. The first-order chi connectivity index (χ1) is 10.1. The molecule has 1 aromatic carbocycles. The molecule has 0 bridgehead atoms. The van der Waals surface area contributed by atoms with Gasteiger partial charge in [0.15, 0.2) is 0 Å². The molecule has 0 amide bonds. The average molecular weight is 289 g/mol. The number of aryl methyl sites for hydroxylation is 2. The predicted molar refractivity (Wildman–Crippen MR) is 84.9 cm³/mol. The summed E-state index contributed by atoms with van der Waals surface area (Å²) < 4.78 is 12.4. The van der Waals surface area contributed by atoms with Crippen molar-refractivity contribution in [2.75, 3.05) is 13.2 Å². The zero-order valence-corrected chi connectivity index (χ0v) is 13.3. The molecular formula is C18H27NO2. The highest BCUT2D eigenvalue weighted by Gasteiger charge is 2.43. The first-order valence-corrected chi connectivity index (χ1v) is 8.23. The molecule has 2 N–H and O–H groups in total. The van der Waals surface area contributed by atoms with Crippen molar-refractivity contribution >= 4 is 0 Å². The molecule has 1 aromatic rings. The number of rotatable bonds is 4. The highest BCUT2D eigenvalue weighted by molar-refractivity contribution is 5.43. The van der Waals surface area contributed by atoms with Gasteiger partial charge in [0.2, 0.25) is 0 Å². The largest absolute Gasteiger partial charge is 0.490 e. The fraction of sp³-hybridized carbons (Fsp3) is 0.667. The molecular weight excluding hydrogens is 262 g/mol. The van der Waals surface area contributed by atoms with Gasteiger partial charge in [-0.25, -0.2) is 0 Å². The summed E-state index contributed by atoms with van der Waals surface area (Å²) in [4.78, 5) is 0. The first-order valence-electron chi connectivity index (χ1n) is 8.23. The Kier molecular flexibility index (Phi) is 4.23. The monoisotopic (exact) mass is 289 g/mol. The lowest BCUT2D eigenvalue weighted by atomic mass is 9.74. The molecule has 1 aliphatic carbocycles. The first kappa shape index (κ1) is 14.9. The minimum absolute atomic E-state index is 0.143. The van der Waals surface area contributed by atoms with E-state index in [0.717, 1.165) is 31.6 Å². The normalized spacial score (nSPS) is 23.9. The van der Waals surface area contributed by atoms with Gasteiger partial charge in [0.05, 0.1) is 12.2 Å². The van der Waals surface area contributed by atoms with E-state index >= 15 is 0 Å². The predicted octanol–water partition coefficient (Wildman–Crippen LogP) is 3.29. The summed E-state index contributed by atoms with van der Waals surface area (Å²) in [5, 5.41) is 0. The second-order valence-corrected chi connectivity index (χ2v) is 6.72. The van der Waals surface area contributed by atoms with Crippen LogP contribution in [0.25, 0.3) is 0 Å². The van der Waals surface area contributed by atoms with E-state index in [-0.39, 0.29) is 5.60 Å². The Balaban J connectivity index is 1.72. The van der Waals surface area contributed by atoms with Gasteiger partial charge in [0.1, 0.15) is 11.9 Å². The quantitative estimate of drug-likeness (QED) is 0.925. The molecule has 1 unspecified atom stereocenters. The maximum absolute atomic E-state index is 6.37. The maximum atomic E-state index is 6.37. The third-order valence-corrected chi connectivity index (χ3v) is 4.95. The van der Waals surface area contributed by atoms with Crippen molar-refractivity contribution in [3.05, 3.63) is 28.8 Å². The van der Waals surface area contributed by atoms with Crippen LogP contribution in [0.4, 0.5) is 0 Å². The zero-order chi connectivity index (χ0) is 14.9. The summed E-state index contributed by atoms with van der Waals surface area (Å²) in [7, 11) is 0. The van der Waals surface area contributed by atoms with Gasteiger partial charge in [0, 0.05) is 12.8 Å². The van der Waals surface area contributed by atoms with E-state index in [2.05, 4.69) is 26.0 Å². The highest BCUT2D eigenvalue weighted by atomic mass is 16.5. The van der Waals surface area contributed by atoms with Crippen molar-refractivity contribution in [1.82, 2.24) is 0 Å². The van der Waals surface area contributed by atoms with Gasteiger partial charge in [-0.3, -0.25) is 0 Å². The fourth-order valence-electron chi connectivity index (χ4n) is 3.71. The smallest absolute Gasteiger partial charge is 0.125 e. The molecule has 1 saturated carbocycles. The fourth-order valence-corrected chi connectivity index (χ4v) is 3.71. The van der Waals surface area contributed by atoms with Gasteiger partial charge in [-0.2, -0.15) is 0 Å². The van der Waals surface area contributed by atoms with E-state index in [0.29, 0.717) is 12.6 Å². The van der Waals surface area contributed by atoms with E-state index in [1.54, 1.807) is 0 Å². The van der Waals surface area contributed by atoms with Crippen molar-refractivity contribution in [2.45, 2.75) is 64.1 Å². The van der Waals surface area contributed by atoms with Gasteiger partial charge >= 0.3 is 0 Å². The number of nitrogens with two attached hydrogens (primary N) is 1. The molecule has 3 rings (SSSR count). The van der Waals surface area contributed by atoms with Crippen LogP contribution in [-0.4, -0.2) is 24.9 Å². The molecule has 0 aromatic heterocycles. The molecule has 21 heavy (non-hydrogen) atoms. The van der Waals surface area contributed by atoms with Gasteiger partial charge in [0.25, 0.3) is 0 Å². The van der Waals surface area contributed by atoms with Crippen LogP contribution in [0, 0.1) is 13.8 Å². The van der Waals surface area contributed by atoms with Crippen LogP contribution in [0.3, 0.4) is 0 Å². The number of benzene rings is 1. The maximum Gasteiger partial charge on any atom is 0.125 e. The number of ether oxygens (including phenoxy) is 2. The molecule has 1 aliphatic heterocycles. The van der Waals surface area contributed by atoms with Crippen molar-refractivity contribution in [2.24, 2.45) is 5.73 Å². The van der Waals surface area contributed by atoms with Crippen LogP contribution in [-0.2, 0) is 11.2 Å². The second kappa shape index (κ2) is 5.98. The standard InChI is InChI=1S/C18H27NO2/c1-13-10-15(4-8-19)11-14(2)17(13)21-16-5-9-20-18(12-16)6-3-7-18/h10-11,16H,3-9,12,19H2,1-2H3. The molecule has 1 atom stereocenters. The lowest BCUT2D eigenvalue weighted by Crippen LogP contribution is -2.48. The molecule has 116 valence electrons. The summed E-state index contributed by atoms with van der Waals surface area (Å²) in [5.41, 5.74) is 9.56. The van der Waals surface area contributed by atoms with Crippen LogP contribution >= 0.6 is 0 Å². The Morgan fingerprint density at radius 3 is 2.57 bits per heavy atom. The van der Waals surface area contributed by atoms with Crippen LogP contribution in [0.15, 0.2) is 12.1 Å². The minimum Gasteiger partial charge on any atom is -0.490 e. The second-order valence-electron chi connectivity index (χ2n) is 6.72. The van der Waals surface area contributed by atoms with E-state index < -0.39 is 0 Å². The molecule has 2 fully saturated rings. The lowest BCUT2D eigenvalue weighted by molar-refractivity contribution is -0.153. The highest BCUT2D eigenvalue weighted by Crippen LogP contribution is 2.43. The summed E-state index contributed by atoms with van der Waals surface area (Å²) in [6.45, 7) is 5.82.